The van der Waals surface area contributed by atoms with Gasteiger partial charge in [0.05, 0.1) is 0 Å². The molecule has 0 aliphatic rings. The van der Waals surface area contributed by atoms with E-state index in [-0.39, 0.29) is 0 Å². The van der Waals surface area contributed by atoms with Crippen LogP contribution in [0.4, 0.5) is 0 Å². The van der Waals surface area contributed by atoms with Gasteiger partial charge in [-0.15, -0.1) is 11.8 Å². The van der Waals surface area contributed by atoms with Gasteiger partial charge in [0.1, 0.15) is 0 Å². The van der Waals surface area contributed by atoms with Crippen molar-refractivity contribution in [1.29, 1.82) is 0 Å². The second-order valence-corrected chi connectivity index (χ2v) is 3.16. The van der Waals surface area contributed by atoms with E-state index in [0.29, 0.717) is 0 Å². The summed E-state index contributed by atoms with van der Waals surface area (Å²) in [5.74, 6) is 5.89. The van der Waals surface area contributed by atoms with Gasteiger partial charge in [0.2, 0.25) is 0 Å². The third-order valence-electron chi connectivity index (χ3n) is 1.91. The zero-order valence-corrected chi connectivity index (χ0v) is 8.80. The van der Waals surface area contributed by atoms with Crippen LogP contribution >= 0.6 is 0 Å². The predicted octanol–water partition coefficient (Wildman–Crippen LogP) is 1.89. The Balaban J connectivity index is 2.23. The second kappa shape index (κ2) is 6.17. The zero-order valence-electron chi connectivity index (χ0n) is 8.80. The Hall–Kier alpha value is -1.33. The molecule has 0 unspecified atom stereocenters. The van der Waals surface area contributed by atoms with Crippen LogP contribution in [-0.2, 0) is 6.54 Å². The van der Waals surface area contributed by atoms with Crippen molar-refractivity contribution in [3.8, 4) is 11.8 Å². The molecule has 0 fully saturated rings. The molecule has 1 aromatic heterocycles. The molecule has 0 aliphatic heterocycles. The van der Waals surface area contributed by atoms with Crippen molar-refractivity contribution < 1.29 is 0 Å². The molecule has 0 aliphatic carbocycles. The van der Waals surface area contributed by atoms with Gasteiger partial charge in [-0.2, -0.15) is 0 Å². The number of nitrogens with one attached hydrogen (secondary N) is 1. The normalized spacial score (nSPS) is 9.29. The molecule has 0 aromatic carbocycles. The van der Waals surface area contributed by atoms with Crippen molar-refractivity contribution in [2.75, 3.05) is 6.54 Å². The minimum Gasteiger partial charge on any atom is -0.312 e. The molecule has 2 nitrogen and oxygen atoms in total. The predicted molar refractivity (Wildman–Crippen MR) is 58.7 cm³/mol. The average molecular weight is 188 g/mol. The van der Waals surface area contributed by atoms with Gasteiger partial charge in [0, 0.05) is 31.4 Å². The van der Waals surface area contributed by atoms with Gasteiger partial charge in [-0.05, 0) is 25.5 Å². The molecule has 0 atom stereocenters. The molecule has 1 aromatic rings. The Kier molecular flexibility index (Phi) is 4.74. The summed E-state index contributed by atoms with van der Waals surface area (Å²) < 4.78 is 0. The summed E-state index contributed by atoms with van der Waals surface area (Å²) in [6.45, 7) is 5.67. The van der Waals surface area contributed by atoms with Gasteiger partial charge in [0.15, 0.2) is 0 Å². The van der Waals surface area contributed by atoms with Crippen LogP contribution in [-0.4, -0.2) is 11.5 Å². The molecule has 0 saturated heterocycles. The highest BCUT2D eigenvalue weighted by Gasteiger charge is 1.91. The molecule has 2 heteroatoms. The SMILES string of the molecule is CC#CCCNCc1ccc(C)nc1. The molecule has 0 spiro atoms. The highest BCUT2D eigenvalue weighted by molar-refractivity contribution is 5.12. The molecule has 14 heavy (non-hydrogen) atoms. The van der Waals surface area contributed by atoms with Gasteiger partial charge >= 0.3 is 0 Å². The van der Waals surface area contributed by atoms with Crippen molar-refractivity contribution in [3.63, 3.8) is 0 Å². The maximum Gasteiger partial charge on any atom is 0.0372 e. The summed E-state index contributed by atoms with van der Waals surface area (Å²) in [6, 6.07) is 4.13. The van der Waals surface area contributed by atoms with E-state index < -0.39 is 0 Å². The van der Waals surface area contributed by atoms with Crippen molar-refractivity contribution >= 4 is 0 Å². The fourth-order valence-corrected chi connectivity index (χ4v) is 1.11. The van der Waals surface area contributed by atoms with E-state index in [1.54, 1.807) is 0 Å². The smallest absolute Gasteiger partial charge is 0.0372 e. The number of aromatic nitrogens is 1. The minimum atomic E-state index is 0.874. The van der Waals surface area contributed by atoms with E-state index in [1.165, 1.54) is 5.56 Å². The number of pyridine rings is 1. The number of rotatable bonds is 4. The number of hydrogen-bond donors (Lipinski definition) is 1. The molecule has 0 radical (unpaired) electrons. The lowest BCUT2D eigenvalue weighted by Crippen LogP contribution is -2.14. The first-order valence-corrected chi connectivity index (χ1v) is 4.85. The molecule has 1 N–H and O–H groups in total. The summed E-state index contributed by atoms with van der Waals surface area (Å²) in [7, 11) is 0. The van der Waals surface area contributed by atoms with Crippen LogP contribution in [0.1, 0.15) is 24.6 Å². The van der Waals surface area contributed by atoms with E-state index in [4.69, 9.17) is 0 Å². The molecule has 74 valence electrons. The number of aryl methyl sites for hydroxylation is 1. The molecule has 1 heterocycles. The molecular formula is C12H16N2. The molecule has 1 rings (SSSR count). The largest absolute Gasteiger partial charge is 0.312 e. The monoisotopic (exact) mass is 188 g/mol. The zero-order chi connectivity index (χ0) is 10.2. The first kappa shape index (κ1) is 10.7. The molecule has 0 amide bonds. The summed E-state index contributed by atoms with van der Waals surface area (Å²) in [6.07, 6.45) is 2.82. The Morgan fingerprint density at radius 2 is 2.29 bits per heavy atom. The third kappa shape index (κ3) is 4.06. The third-order valence-corrected chi connectivity index (χ3v) is 1.91. The average Bonchev–Trinajstić information content (AvgIpc) is 2.21. The van der Waals surface area contributed by atoms with Crippen LogP contribution in [0.15, 0.2) is 18.3 Å². The van der Waals surface area contributed by atoms with Crippen LogP contribution < -0.4 is 5.32 Å². The second-order valence-electron chi connectivity index (χ2n) is 3.16. The number of nitrogens with zero attached hydrogens (tertiary/aromatic N) is 1. The standard InChI is InChI=1S/C12H16N2/c1-3-4-5-8-13-9-12-7-6-11(2)14-10-12/h6-7,10,13H,5,8-9H2,1-2H3. The Bertz CT molecular complexity index is 316. The molecule has 0 bridgehead atoms. The van der Waals surface area contributed by atoms with Gasteiger partial charge in [-0.3, -0.25) is 4.98 Å². The highest BCUT2D eigenvalue weighted by atomic mass is 14.8. The Labute approximate surface area is 85.8 Å². The van der Waals surface area contributed by atoms with Crippen LogP contribution in [0.5, 0.6) is 0 Å². The summed E-state index contributed by atoms with van der Waals surface area (Å²) >= 11 is 0. The minimum absolute atomic E-state index is 0.874. The topological polar surface area (TPSA) is 24.9 Å². The quantitative estimate of drug-likeness (QED) is 0.576. The van der Waals surface area contributed by atoms with Crippen molar-refractivity contribution in [2.45, 2.75) is 26.8 Å². The van der Waals surface area contributed by atoms with E-state index in [2.05, 4.69) is 28.2 Å². The Morgan fingerprint density at radius 3 is 2.93 bits per heavy atom. The molecule has 0 saturated carbocycles. The van der Waals surface area contributed by atoms with E-state index >= 15 is 0 Å². The van der Waals surface area contributed by atoms with E-state index in [9.17, 15) is 0 Å². The van der Waals surface area contributed by atoms with Gasteiger partial charge < -0.3 is 5.32 Å². The highest BCUT2D eigenvalue weighted by Crippen LogP contribution is 1.98. The lowest BCUT2D eigenvalue weighted by molar-refractivity contribution is 0.699. The summed E-state index contributed by atoms with van der Waals surface area (Å²) in [5, 5.41) is 3.31. The maximum atomic E-state index is 4.23. The Morgan fingerprint density at radius 1 is 1.43 bits per heavy atom. The van der Waals surface area contributed by atoms with Gasteiger partial charge in [-0.25, -0.2) is 0 Å². The lowest BCUT2D eigenvalue weighted by Gasteiger charge is -2.02. The van der Waals surface area contributed by atoms with Crippen LogP contribution in [0.2, 0.25) is 0 Å². The van der Waals surface area contributed by atoms with Crippen LogP contribution in [0.3, 0.4) is 0 Å². The molecular weight excluding hydrogens is 172 g/mol. The van der Waals surface area contributed by atoms with Crippen molar-refractivity contribution in [3.05, 3.63) is 29.6 Å². The van der Waals surface area contributed by atoms with Gasteiger partial charge in [0.25, 0.3) is 0 Å². The summed E-state index contributed by atoms with van der Waals surface area (Å²) in [5.41, 5.74) is 2.28. The van der Waals surface area contributed by atoms with Crippen molar-refractivity contribution in [2.24, 2.45) is 0 Å². The lowest BCUT2D eigenvalue weighted by atomic mass is 10.2. The first-order valence-electron chi connectivity index (χ1n) is 4.85. The van der Waals surface area contributed by atoms with Crippen molar-refractivity contribution in [1.82, 2.24) is 10.3 Å². The summed E-state index contributed by atoms with van der Waals surface area (Å²) in [4.78, 5) is 4.23. The fourth-order valence-electron chi connectivity index (χ4n) is 1.11. The van der Waals surface area contributed by atoms with Gasteiger partial charge in [-0.1, -0.05) is 6.07 Å². The fraction of sp³-hybridized carbons (Fsp3) is 0.417. The van der Waals surface area contributed by atoms with E-state index in [0.717, 1.165) is 25.2 Å². The van der Waals surface area contributed by atoms with Crippen LogP contribution in [0.25, 0.3) is 0 Å². The van der Waals surface area contributed by atoms with Crippen LogP contribution in [0, 0.1) is 18.8 Å². The van der Waals surface area contributed by atoms with E-state index in [1.807, 2.05) is 26.1 Å². The maximum absolute atomic E-state index is 4.23. The first-order chi connectivity index (χ1) is 6.83. The number of hydrogen-bond acceptors (Lipinski definition) is 2.